The van der Waals surface area contributed by atoms with Crippen molar-refractivity contribution in [1.29, 1.82) is 0 Å². The van der Waals surface area contributed by atoms with E-state index < -0.39 is 0 Å². The number of piperidine rings is 1. The molecule has 4 rings (SSSR count). The Morgan fingerprint density at radius 2 is 1.97 bits per heavy atom. The molecule has 1 spiro atoms. The number of rotatable bonds is 5. The minimum atomic E-state index is -0.242. The van der Waals surface area contributed by atoms with E-state index in [4.69, 9.17) is 14.2 Å². The van der Waals surface area contributed by atoms with E-state index in [2.05, 4.69) is 9.97 Å². The number of carbonyl (C=O) groups is 1. The predicted molar refractivity (Wildman–Crippen MR) is 107 cm³/mol. The molecule has 2 fully saturated rings. The topological polar surface area (TPSA) is 73.8 Å². The summed E-state index contributed by atoms with van der Waals surface area (Å²) in [5.41, 5.74) is 0.380. The summed E-state index contributed by atoms with van der Waals surface area (Å²) >= 11 is 0. The number of nitrogens with zero attached hydrogens (tertiary/aromatic N) is 3. The maximum absolute atomic E-state index is 13.0. The lowest BCUT2D eigenvalue weighted by Gasteiger charge is -2.45. The highest BCUT2D eigenvalue weighted by atomic mass is 16.5. The van der Waals surface area contributed by atoms with Crippen molar-refractivity contribution in [3.05, 3.63) is 48.3 Å². The van der Waals surface area contributed by atoms with Gasteiger partial charge >= 0.3 is 6.01 Å². The number of aromatic nitrogens is 2. The summed E-state index contributed by atoms with van der Waals surface area (Å²) in [7, 11) is 0. The van der Waals surface area contributed by atoms with E-state index in [1.165, 1.54) is 0 Å². The van der Waals surface area contributed by atoms with Gasteiger partial charge in [0.15, 0.2) is 0 Å². The highest BCUT2D eigenvalue weighted by Gasteiger charge is 2.42. The van der Waals surface area contributed by atoms with Gasteiger partial charge in [-0.1, -0.05) is 12.1 Å². The highest BCUT2D eigenvalue weighted by molar-refractivity contribution is 5.97. The first-order valence-corrected chi connectivity index (χ1v) is 10.3. The lowest BCUT2D eigenvalue weighted by Crippen LogP contribution is -2.52. The third kappa shape index (κ3) is 4.50. The fraction of sp³-hybridized carbons (Fsp3) is 0.500. The standard InChI is InChI=1S/C22H27N3O4/c1-2-27-19-7-4-3-6-18(19)20(26)25-13-9-22(10-14-25)16-17(8-15-28-22)29-21-23-11-5-12-24-21/h3-7,11-12,17H,2,8-10,13-16H2,1H3. The number of likely N-dealkylation sites (tertiary alicyclic amines) is 1. The molecule has 2 aliphatic rings. The lowest BCUT2D eigenvalue weighted by molar-refractivity contribution is -0.136. The van der Waals surface area contributed by atoms with E-state index in [1.807, 2.05) is 36.1 Å². The summed E-state index contributed by atoms with van der Waals surface area (Å²) in [6, 6.07) is 9.63. The quantitative estimate of drug-likeness (QED) is 0.772. The van der Waals surface area contributed by atoms with E-state index in [9.17, 15) is 4.79 Å². The second-order valence-corrected chi connectivity index (χ2v) is 7.52. The van der Waals surface area contributed by atoms with Crippen molar-refractivity contribution < 1.29 is 19.0 Å². The van der Waals surface area contributed by atoms with Crippen molar-refractivity contribution in [2.75, 3.05) is 26.3 Å². The summed E-state index contributed by atoms with van der Waals surface area (Å²) in [5, 5.41) is 0. The fourth-order valence-corrected chi connectivity index (χ4v) is 4.14. The largest absolute Gasteiger partial charge is 0.493 e. The van der Waals surface area contributed by atoms with Crippen LogP contribution in [-0.4, -0.2) is 58.8 Å². The van der Waals surface area contributed by atoms with Gasteiger partial charge in [-0.05, 0) is 38.0 Å². The van der Waals surface area contributed by atoms with Crippen molar-refractivity contribution in [1.82, 2.24) is 14.9 Å². The van der Waals surface area contributed by atoms with Crippen LogP contribution >= 0.6 is 0 Å². The summed E-state index contributed by atoms with van der Waals surface area (Å²) in [6.07, 6.45) is 6.61. The monoisotopic (exact) mass is 397 g/mol. The Balaban J connectivity index is 1.38. The first-order chi connectivity index (χ1) is 14.2. The Kier molecular flexibility index (Phi) is 5.94. The maximum Gasteiger partial charge on any atom is 0.316 e. The van der Waals surface area contributed by atoms with Gasteiger partial charge in [0, 0.05) is 38.3 Å². The van der Waals surface area contributed by atoms with Crippen molar-refractivity contribution in [2.45, 2.75) is 44.3 Å². The lowest BCUT2D eigenvalue weighted by atomic mass is 9.83. The molecule has 154 valence electrons. The number of ether oxygens (including phenoxy) is 3. The molecule has 0 aliphatic carbocycles. The van der Waals surface area contributed by atoms with E-state index >= 15 is 0 Å². The van der Waals surface area contributed by atoms with Crippen LogP contribution in [0.5, 0.6) is 11.8 Å². The van der Waals surface area contributed by atoms with E-state index in [0.29, 0.717) is 43.6 Å². The second kappa shape index (κ2) is 8.78. The van der Waals surface area contributed by atoms with Crippen LogP contribution in [0.25, 0.3) is 0 Å². The van der Waals surface area contributed by atoms with Gasteiger partial charge in [-0.15, -0.1) is 0 Å². The fourth-order valence-electron chi connectivity index (χ4n) is 4.14. The Hall–Kier alpha value is -2.67. The molecule has 1 aromatic heterocycles. The van der Waals surface area contributed by atoms with Crippen LogP contribution < -0.4 is 9.47 Å². The number of carbonyl (C=O) groups excluding carboxylic acids is 1. The Morgan fingerprint density at radius 3 is 2.72 bits per heavy atom. The van der Waals surface area contributed by atoms with Gasteiger partial charge in [0.25, 0.3) is 5.91 Å². The van der Waals surface area contributed by atoms with Crippen LogP contribution in [0, 0.1) is 0 Å². The zero-order valence-electron chi connectivity index (χ0n) is 16.8. The van der Waals surface area contributed by atoms with Gasteiger partial charge in [-0.25, -0.2) is 9.97 Å². The SMILES string of the molecule is CCOc1ccccc1C(=O)N1CCC2(CC1)CC(Oc1ncccn1)CCO2. The molecule has 1 atom stereocenters. The van der Waals surface area contributed by atoms with E-state index in [-0.39, 0.29) is 17.6 Å². The molecule has 1 aromatic carbocycles. The molecule has 1 unspecified atom stereocenters. The minimum absolute atomic E-state index is 0.0187. The van der Waals surface area contributed by atoms with Crippen LogP contribution in [0.4, 0.5) is 0 Å². The Labute approximate surface area is 171 Å². The zero-order chi connectivity index (χ0) is 20.1. The van der Waals surface area contributed by atoms with Crippen LogP contribution in [-0.2, 0) is 4.74 Å². The number of hydrogen-bond donors (Lipinski definition) is 0. The van der Waals surface area contributed by atoms with Crippen LogP contribution in [0.2, 0.25) is 0 Å². The Bertz CT molecular complexity index is 822. The first kappa shape index (κ1) is 19.6. The van der Waals surface area contributed by atoms with Gasteiger partial charge in [0.2, 0.25) is 0 Å². The highest BCUT2D eigenvalue weighted by Crippen LogP contribution is 2.36. The molecule has 3 heterocycles. The smallest absolute Gasteiger partial charge is 0.316 e. The minimum Gasteiger partial charge on any atom is -0.493 e. The molecule has 2 aromatic rings. The van der Waals surface area contributed by atoms with Gasteiger partial charge in [-0.2, -0.15) is 0 Å². The van der Waals surface area contributed by atoms with Crippen molar-refractivity contribution in [3.8, 4) is 11.8 Å². The normalized spacial score (nSPS) is 21.0. The number of hydrogen-bond acceptors (Lipinski definition) is 6. The molecule has 7 nitrogen and oxygen atoms in total. The van der Waals surface area contributed by atoms with E-state index in [1.54, 1.807) is 18.5 Å². The molecule has 29 heavy (non-hydrogen) atoms. The third-order valence-corrected chi connectivity index (χ3v) is 5.64. The van der Waals surface area contributed by atoms with Gasteiger partial charge < -0.3 is 19.1 Å². The van der Waals surface area contributed by atoms with Crippen LogP contribution in [0.3, 0.4) is 0 Å². The number of amides is 1. The van der Waals surface area contributed by atoms with Crippen LogP contribution in [0.15, 0.2) is 42.7 Å². The van der Waals surface area contributed by atoms with Crippen LogP contribution in [0.1, 0.15) is 43.0 Å². The molecule has 0 N–H and O–H groups in total. The predicted octanol–water partition coefficient (Wildman–Crippen LogP) is 3.11. The average Bonchev–Trinajstić information content (AvgIpc) is 2.75. The molecule has 0 bridgehead atoms. The molecule has 0 saturated carbocycles. The zero-order valence-corrected chi connectivity index (χ0v) is 16.8. The van der Waals surface area contributed by atoms with E-state index in [0.717, 1.165) is 25.7 Å². The van der Waals surface area contributed by atoms with Crippen molar-refractivity contribution in [2.24, 2.45) is 0 Å². The summed E-state index contributed by atoms with van der Waals surface area (Å²) in [4.78, 5) is 23.3. The average molecular weight is 397 g/mol. The van der Waals surface area contributed by atoms with Gasteiger partial charge in [0.1, 0.15) is 11.9 Å². The Morgan fingerprint density at radius 1 is 1.21 bits per heavy atom. The van der Waals surface area contributed by atoms with Gasteiger partial charge in [-0.3, -0.25) is 4.79 Å². The summed E-state index contributed by atoms with van der Waals surface area (Å²) < 4.78 is 17.8. The van der Waals surface area contributed by atoms with Crippen molar-refractivity contribution >= 4 is 5.91 Å². The first-order valence-electron chi connectivity index (χ1n) is 10.3. The molecule has 0 radical (unpaired) electrons. The second-order valence-electron chi connectivity index (χ2n) is 7.52. The number of para-hydroxylation sites is 1. The maximum atomic E-state index is 13.0. The molecule has 2 aliphatic heterocycles. The molecule has 1 amide bonds. The summed E-state index contributed by atoms with van der Waals surface area (Å²) in [5.74, 6) is 0.663. The molecular formula is C22H27N3O4. The van der Waals surface area contributed by atoms with Gasteiger partial charge in [0.05, 0.1) is 24.4 Å². The number of benzene rings is 1. The summed E-state index contributed by atoms with van der Waals surface area (Å²) in [6.45, 7) is 4.43. The molecule has 2 saturated heterocycles. The van der Waals surface area contributed by atoms with Crippen molar-refractivity contribution in [3.63, 3.8) is 0 Å². The molecular weight excluding hydrogens is 370 g/mol. The molecule has 7 heteroatoms. The third-order valence-electron chi connectivity index (χ3n) is 5.64.